The third kappa shape index (κ3) is 2.06. The van der Waals surface area contributed by atoms with Gasteiger partial charge in [-0.25, -0.2) is 9.24 Å². The van der Waals surface area contributed by atoms with E-state index >= 15 is 0 Å². The highest BCUT2D eigenvalue weighted by atomic mass is 19.1. The Hall–Kier alpha value is -2.87. The summed E-state index contributed by atoms with van der Waals surface area (Å²) in [5.74, 6) is 1.78. The summed E-state index contributed by atoms with van der Waals surface area (Å²) in [5, 5.41) is 6.71. The molecule has 0 spiro atoms. The molecule has 2 aromatic carbocycles. The van der Waals surface area contributed by atoms with Crippen LogP contribution in [0, 0.1) is 30.1 Å². The number of hydrogen-bond acceptors (Lipinski definition) is 2. The van der Waals surface area contributed by atoms with Crippen LogP contribution in [0.2, 0.25) is 0 Å². The summed E-state index contributed by atoms with van der Waals surface area (Å²) in [4.78, 5) is 15.4. The average Bonchev–Trinajstić information content (AvgIpc) is 3.41. The summed E-state index contributed by atoms with van der Waals surface area (Å²) in [6.07, 6.45) is 4.18. The Morgan fingerprint density at radius 3 is 2.79 bits per heavy atom. The Balaban J connectivity index is 1.51. The highest BCUT2D eigenvalue weighted by Crippen LogP contribution is 2.65. The summed E-state index contributed by atoms with van der Waals surface area (Å²) >= 11 is 0. The summed E-state index contributed by atoms with van der Waals surface area (Å²) in [6.45, 7) is 7.27. The van der Waals surface area contributed by atoms with Crippen molar-refractivity contribution in [3.8, 4) is 0 Å². The van der Waals surface area contributed by atoms with Crippen LogP contribution in [0.1, 0.15) is 47.9 Å². The molecule has 1 amide bonds. The van der Waals surface area contributed by atoms with Crippen molar-refractivity contribution in [1.29, 1.82) is 0 Å². The average molecular weight is 373 g/mol. The monoisotopic (exact) mass is 373 g/mol. The van der Waals surface area contributed by atoms with Gasteiger partial charge < -0.3 is 10.6 Å². The van der Waals surface area contributed by atoms with E-state index in [9.17, 15) is 9.18 Å². The van der Waals surface area contributed by atoms with Crippen LogP contribution in [0.3, 0.4) is 0 Å². The molecule has 0 saturated heterocycles. The molecule has 4 aliphatic rings. The number of halogens is 1. The number of carbonyl (C=O) groups excluding carboxylic acids is 1. The summed E-state index contributed by atoms with van der Waals surface area (Å²) < 4.78 is 13.9. The van der Waals surface area contributed by atoms with E-state index in [4.69, 9.17) is 6.57 Å². The van der Waals surface area contributed by atoms with Crippen molar-refractivity contribution in [2.24, 2.45) is 17.8 Å². The SMILES string of the molecule is [C-]#[N+]c1cc([C@H]2Nc3ccc4c(c3[C@@H]3[C@H]5CC[C@H](C5)[C@@H]32)CC(=O)N4)ccc1F. The van der Waals surface area contributed by atoms with Gasteiger partial charge >= 0.3 is 0 Å². The highest BCUT2D eigenvalue weighted by Gasteiger charge is 2.54. The molecule has 2 saturated carbocycles. The number of benzene rings is 2. The summed E-state index contributed by atoms with van der Waals surface area (Å²) in [7, 11) is 0. The zero-order chi connectivity index (χ0) is 19.0. The van der Waals surface area contributed by atoms with Gasteiger partial charge in [0, 0.05) is 11.4 Å². The quantitative estimate of drug-likeness (QED) is 0.678. The minimum Gasteiger partial charge on any atom is -0.378 e. The Labute approximate surface area is 163 Å². The highest BCUT2D eigenvalue weighted by molar-refractivity contribution is 6.00. The van der Waals surface area contributed by atoms with E-state index in [0.29, 0.717) is 30.1 Å². The third-order valence-corrected chi connectivity index (χ3v) is 7.43. The second-order valence-electron chi connectivity index (χ2n) is 8.66. The molecule has 2 bridgehead atoms. The number of hydrogen-bond donors (Lipinski definition) is 2. The lowest BCUT2D eigenvalue weighted by Gasteiger charge is -2.44. The molecule has 0 unspecified atom stereocenters. The Morgan fingerprint density at radius 2 is 1.93 bits per heavy atom. The first kappa shape index (κ1) is 16.1. The van der Waals surface area contributed by atoms with Crippen LogP contribution in [0.4, 0.5) is 21.5 Å². The van der Waals surface area contributed by atoms with Gasteiger partial charge in [0.1, 0.15) is 5.82 Å². The van der Waals surface area contributed by atoms with Crippen LogP contribution >= 0.6 is 0 Å². The first-order chi connectivity index (χ1) is 13.6. The molecule has 5 heteroatoms. The molecular formula is C23H20FN3O. The molecule has 2 aliphatic carbocycles. The smallest absolute Gasteiger partial charge is 0.228 e. The molecule has 4 nitrogen and oxygen atoms in total. The fraction of sp³-hybridized carbons (Fsp3) is 0.391. The number of nitrogens with one attached hydrogen (secondary N) is 2. The van der Waals surface area contributed by atoms with Crippen LogP contribution in [0.15, 0.2) is 30.3 Å². The first-order valence-corrected chi connectivity index (χ1v) is 10.0. The first-order valence-electron chi connectivity index (χ1n) is 10.0. The summed E-state index contributed by atoms with van der Waals surface area (Å²) in [6, 6.07) is 9.12. The van der Waals surface area contributed by atoms with Gasteiger partial charge in [-0.1, -0.05) is 6.07 Å². The van der Waals surface area contributed by atoms with Crippen molar-refractivity contribution in [1.82, 2.24) is 0 Å². The van der Waals surface area contributed by atoms with Crippen LogP contribution in [0.5, 0.6) is 0 Å². The second-order valence-corrected chi connectivity index (χ2v) is 8.66. The predicted octanol–water partition coefficient (Wildman–Crippen LogP) is 5.17. The van der Waals surface area contributed by atoms with Crippen LogP contribution < -0.4 is 10.6 Å². The number of carbonyl (C=O) groups is 1. The maximum absolute atomic E-state index is 13.9. The largest absolute Gasteiger partial charge is 0.378 e. The van der Waals surface area contributed by atoms with E-state index in [-0.39, 0.29) is 17.6 Å². The Morgan fingerprint density at radius 1 is 1.11 bits per heavy atom. The molecule has 6 rings (SSSR count). The van der Waals surface area contributed by atoms with E-state index in [1.807, 2.05) is 12.1 Å². The topological polar surface area (TPSA) is 45.5 Å². The molecule has 2 N–H and O–H groups in total. The van der Waals surface area contributed by atoms with Crippen molar-refractivity contribution in [3.05, 3.63) is 64.3 Å². The summed E-state index contributed by atoms with van der Waals surface area (Å²) in [5.41, 5.74) is 5.64. The van der Waals surface area contributed by atoms with Crippen molar-refractivity contribution < 1.29 is 9.18 Å². The zero-order valence-corrected chi connectivity index (χ0v) is 15.3. The van der Waals surface area contributed by atoms with E-state index < -0.39 is 5.82 Å². The van der Waals surface area contributed by atoms with Gasteiger partial charge in [0.2, 0.25) is 11.6 Å². The van der Waals surface area contributed by atoms with Crippen molar-refractivity contribution >= 4 is 23.0 Å². The molecule has 28 heavy (non-hydrogen) atoms. The van der Waals surface area contributed by atoms with Gasteiger partial charge in [0.25, 0.3) is 0 Å². The van der Waals surface area contributed by atoms with E-state index in [0.717, 1.165) is 22.5 Å². The second kappa shape index (κ2) is 5.57. The van der Waals surface area contributed by atoms with E-state index in [2.05, 4.69) is 21.5 Å². The van der Waals surface area contributed by atoms with Gasteiger partial charge in [-0.2, -0.15) is 0 Å². The van der Waals surface area contributed by atoms with E-state index in [1.54, 1.807) is 6.07 Å². The van der Waals surface area contributed by atoms with E-state index in [1.165, 1.54) is 30.9 Å². The lowest BCUT2D eigenvalue weighted by molar-refractivity contribution is -0.115. The Bertz CT molecular complexity index is 1070. The van der Waals surface area contributed by atoms with Crippen LogP contribution in [-0.2, 0) is 11.2 Å². The molecule has 5 atom stereocenters. The lowest BCUT2D eigenvalue weighted by atomic mass is 9.67. The predicted molar refractivity (Wildman–Crippen MR) is 105 cm³/mol. The van der Waals surface area contributed by atoms with Crippen molar-refractivity contribution in [2.75, 3.05) is 10.6 Å². The number of rotatable bonds is 1. The molecule has 0 radical (unpaired) electrons. The van der Waals surface area contributed by atoms with Crippen LogP contribution in [0.25, 0.3) is 4.85 Å². The Kier molecular flexibility index (Phi) is 3.21. The number of anilines is 2. The van der Waals surface area contributed by atoms with Gasteiger partial charge in [-0.3, -0.25) is 4.79 Å². The van der Waals surface area contributed by atoms with Crippen molar-refractivity contribution in [2.45, 2.75) is 37.6 Å². The standard InChI is InChI=1S/C23H20FN3O/c1-25-18-9-13(4-5-15(18)24)23-21-12-3-2-11(8-12)20(21)22-14-10-19(28)26-16(14)6-7-17(22)27-23/h4-7,9,11-12,20-21,23,27H,2-3,8,10H2,(H,26,28)/t11-,12+,20+,21-,23+/m0/s1. The molecule has 140 valence electrons. The zero-order valence-electron chi connectivity index (χ0n) is 15.3. The lowest BCUT2D eigenvalue weighted by Crippen LogP contribution is -2.36. The minimum absolute atomic E-state index is 0.0745. The maximum Gasteiger partial charge on any atom is 0.228 e. The maximum atomic E-state index is 13.9. The van der Waals surface area contributed by atoms with Gasteiger partial charge in [-0.15, -0.1) is 0 Å². The third-order valence-electron chi connectivity index (χ3n) is 7.43. The van der Waals surface area contributed by atoms with Crippen molar-refractivity contribution in [3.63, 3.8) is 0 Å². The fourth-order valence-electron chi connectivity index (χ4n) is 6.46. The number of amides is 1. The minimum atomic E-state index is -0.457. The molecule has 2 heterocycles. The van der Waals surface area contributed by atoms with Gasteiger partial charge in [0.05, 0.1) is 19.0 Å². The fourth-order valence-corrected chi connectivity index (χ4v) is 6.46. The van der Waals surface area contributed by atoms with Crippen LogP contribution in [-0.4, -0.2) is 5.91 Å². The molecule has 0 aromatic heterocycles. The van der Waals surface area contributed by atoms with Gasteiger partial charge in [-0.05, 0) is 83.9 Å². The number of fused-ring (bicyclic) bond motifs is 9. The van der Waals surface area contributed by atoms with Gasteiger partial charge in [0.15, 0.2) is 0 Å². The molecule has 2 aromatic rings. The molecule has 2 aliphatic heterocycles. The molecular weight excluding hydrogens is 353 g/mol. The molecule has 2 fully saturated rings. The normalized spacial score (nSPS) is 31.4. The number of nitrogens with zero attached hydrogens (tertiary/aromatic N) is 1.